The second kappa shape index (κ2) is 10.1. The number of rotatable bonds is 9. The molecule has 1 fully saturated rings. The molecule has 1 aromatic carbocycles. The summed E-state index contributed by atoms with van der Waals surface area (Å²) in [7, 11) is -2.18. The smallest absolute Gasteiger partial charge is 0.242 e. The van der Waals surface area contributed by atoms with Gasteiger partial charge in [0, 0.05) is 33.1 Å². The zero-order valence-corrected chi connectivity index (χ0v) is 17.0. The van der Waals surface area contributed by atoms with Crippen LogP contribution in [0.5, 0.6) is 0 Å². The fourth-order valence-electron chi connectivity index (χ4n) is 3.25. The molecule has 6 nitrogen and oxygen atoms in total. The number of halogens is 1. The summed E-state index contributed by atoms with van der Waals surface area (Å²) in [5.74, 6) is 0.238. The first kappa shape index (κ1) is 21.8. The van der Waals surface area contributed by atoms with Gasteiger partial charge in [-0.2, -0.15) is 0 Å². The molecule has 0 aromatic heterocycles. The fraction of sp³-hybridized carbons (Fsp3) is 0.632. The van der Waals surface area contributed by atoms with Crippen molar-refractivity contribution in [2.24, 2.45) is 5.92 Å². The van der Waals surface area contributed by atoms with Gasteiger partial charge >= 0.3 is 0 Å². The van der Waals surface area contributed by atoms with Gasteiger partial charge in [0.25, 0.3) is 0 Å². The topological polar surface area (TPSA) is 69.7 Å². The van der Waals surface area contributed by atoms with E-state index in [-0.39, 0.29) is 17.3 Å². The Labute approximate surface area is 161 Å². The lowest BCUT2D eigenvalue weighted by Gasteiger charge is -2.32. The molecule has 1 saturated heterocycles. The molecule has 1 aromatic rings. The minimum atomic E-state index is -3.66. The highest BCUT2D eigenvalue weighted by Crippen LogP contribution is 2.18. The van der Waals surface area contributed by atoms with Crippen LogP contribution in [0.2, 0.25) is 0 Å². The number of piperidine rings is 1. The predicted octanol–water partition coefficient (Wildman–Crippen LogP) is 2.07. The van der Waals surface area contributed by atoms with Crippen LogP contribution in [0.3, 0.4) is 0 Å². The van der Waals surface area contributed by atoms with E-state index in [2.05, 4.69) is 12.2 Å². The number of carbonyl (C=O) groups is 1. The van der Waals surface area contributed by atoms with Gasteiger partial charge in [-0.25, -0.2) is 17.1 Å². The Morgan fingerprint density at radius 1 is 1.26 bits per heavy atom. The van der Waals surface area contributed by atoms with Crippen LogP contribution in [0.1, 0.15) is 32.6 Å². The average Bonchev–Trinajstić information content (AvgIpc) is 2.66. The standard InChI is InChI=1S/C19H30FN3O3S/c1-3-21-15-16-10-13-23(14-11-16)19(24)5-4-12-22(2)27(25,26)18-8-6-17(20)7-9-18/h6-9,16,21H,3-5,10-15H2,1-2H3. The number of hydrogen-bond donors (Lipinski definition) is 1. The van der Waals surface area contributed by atoms with Crippen LogP contribution < -0.4 is 5.32 Å². The summed E-state index contributed by atoms with van der Waals surface area (Å²) in [4.78, 5) is 14.3. The Hall–Kier alpha value is -1.51. The fourth-order valence-corrected chi connectivity index (χ4v) is 4.46. The first-order valence-electron chi connectivity index (χ1n) is 9.55. The number of amides is 1. The highest BCUT2D eigenvalue weighted by Gasteiger charge is 2.24. The highest BCUT2D eigenvalue weighted by molar-refractivity contribution is 7.89. The molecule has 1 N–H and O–H groups in total. The third-order valence-corrected chi connectivity index (χ3v) is 6.91. The van der Waals surface area contributed by atoms with E-state index in [1.165, 1.54) is 23.5 Å². The molecule has 1 heterocycles. The van der Waals surface area contributed by atoms with E-state index in [0.29, 0.717) is 18.8 Å². The van der Waals surface area contributed by atoms with Gasteiger partial charge in [-0.05, 0) is 62.5 Å². The monoisotopic (exact) mass is 399 g/mol. The van der Waals surface area contributed by atoms with Gasteiger partial charge in [-0.3, -0.25) is 4.79 Å². The van der Waals surface area contributed by atoms with Crippen molar-refractivity contribution in [3.63, 3.8) is 0 Å². The summed E-state index contributed by atoms with van der Waals surface area (Å²) in [6, 6.07) is 4.77. The molecule has 0 spiro atoms. The van der Waals surface area contributed by atoms with Gasteiger partial charge in [-0.1, -0.05) is 6.92 Å². The molecule has 27 heavy (non-hydrogen) atoms. The van der Waals surface area contributed by atoms with E-state index in [4.69, 9.17) is 0 Å². The molecule has 8 heteroatoms. The first-order valence-corrected chi connectivity index (χ1v) is 11.0. The quantitative estimate of drug-likeness (QED) is 0.690. The van der Waals surface area contributed by atoms with E-state index in [0.717, 1.165) is 51.2 Å². The van der Waals surface area contributed by atoms with Crippen LogP contribution in [-0.4, -0.2) is 63.3 Å². The van der Waals surface area contributed by atoms with Gasteiger partial charge < -0.3 is 10.2 Å². The Kier molecular flexibility index (Phi) is 8.19. The van der Waals surface area contributed by atoms with E-state index < -0.39 is 15.8 Å². The maximum atomic E-state index is 13.0. The Morgan fingerprint density at radius 2 is 1.89 bits per heavy atom. The summed E-state index contributed by atoms with van der Waals surface area (Å²) in [5.41, 5.74) is 0. The zero-order chi connectivity index (χ0) is 19.9. The molecule has 2 rings (SSSR count). The van der Waals surface area contributed by atoms with Crippen molar-refractivity contribution in [1.29, 1.82) is 0 Å². The molecular weight excluding hydrogens is 369 g/mol. The van der Waals surface area contributed by atoms with Gasteiger partial charge in [0.1, 0.15) is 5.82 Å². The average molecular weight is 400 g/mol. The summed E-state index contributed by atoms with van der Waals surface area (Å²) in [6.07, 6.45) is 2.82. The van der Waals surface area contributed by atoms with Gasteiger partial charge in [0.05, 0.1) is 4.90 Å². The lowest BCUT2D eigenvalue weighted by Crippen LogP contribution is -2.41. The molecular formula is C19H30FN3O3S. The largest absolute Gasteiger partial charge is 0.343 e. The van der Waals surface area contributed by atoms with E-state index in [9.17, 15) is 17.6 Å². The Bertz CT molecular complexity index is 701. The van der Waals surface area contributed by atoms with Gasteiger partial charge in [0.15, 0.2) is 0 Å². The van der Waals surface area contributed by atoms with Crippen molar-refractivity contribution >= 4 is 15.9 Å². The van der Waals surface area contributed by atoms with Crippen LogP contribution in [0.15, 0.2) is 29.2 Å². The van der Waals surface area contributed by atoms with Crippen LogP contribution >= 0.6 is 0 Å². The Balaban J connectivity index is 1.75. The number of nitrogens with one attached hydrogen (secondary N) is 1. The second-order valence-corrected chi connectivity index (χ2v) is 9.06. The summed E-state index contributed by atoms with van der Waals surface area (Å²) in [5, 5.41) is 3.35. The Morgan fingerprint density at radius 3 is 2.48 bits per heavy atom. The van der Waals surface area contributed by atoms with Crippen molar-refractivity contribution in [1.82, 2.24) is 14.5 Å². The SMILES string of the molecule is CCNCC1CCN(C(=O)CCCN(C)S(=O)(=O)c2ccc(F)cc2)CC1. The zero-order valence-electron chi connectivity index (χ0n) is 16.2. The van der Waals surface area contributed by atoms with Crippen LogP contribution in [0.25, 0.3) is 0 Å². The molecule has 1 amide bonds. The minimum absolute atomic E-state index is 0.0560. The second-order valence-electron chi connectivity index (χ2n) is 7.02. The maximum Gasteiger partial charge on any atom is 0.242 e. The first-order chi connectivity index (χ1) is 12.8. The number of nitrogens with zero attached hydrogens (tertiary/aromatic N) is 2. The lowest BCUT2D eigenvalue weighted by atomic mass is 9.96. The molecule has 1 aliphatic rings. The number of hydrogen-bond acceptors (Lipinski definition) is 4. The van der Waals surface area contributed by atoms with Crippen molar-refractivity contribution in [3.8, 4) is 0 Å². The van der Waals surface area contributed by atoms with E-state index >= 15 is 0 Å². The van der Waals surface area contributed by atoms with E-state index in [1.807, 2.05) is 4.90 Å². The summed E-state index contributed by atoms with van der Waals surface area (Å²) < 4.78 is 39.1. The predicted molar refractivity (Wildman–Crippen MR) is 103 cm³/mol. The highest BCUT2D eigenvalue weighted by atomic mass is 32.2. The van der Waals surface area contributed by atoms with E-state index in [1.54, 1.807) is 0 Å². The van der Waals surface area contributed by atoms with Crippen molar-refractivity contribution in [2.45, 2.75) is 37.5 Å². The van der Waals surface area contributed by atoms with Gasteiger partial charge in [0.2, 0.25) is 15.9 Å². The molecule has 0 bridgehead atoms. The molecule has 1 aliphatic heterocycles. The van der Waals surface area contributed by atoms with Crippen LogP contribution in [0, 0.1) is 11.7 Å². The van der Waals surface area contributed by atoms with Crippen LogP contribution in [-0.2, 0) is 14.8 Å². The molecule has 0 radical (unpaired) electrons. The number of carbonyl (C=O) groups excluding carboxylic acids is 1. The molecule has 0 unspecified atom stereocenters. The van der Waals surface area contributed by atoms with Crippen molar-refractivity contribution in [3.05, 3.63) is 30.1 Å². The molecule has 0 aliphatic carbocycles. The number of sulfonamides is 1. The lowest BCUT2D eigenvalue weighted by molar-refractivity contribution is -0.132. The van der Waals surface area contributed by atoms with Gasteiger partial charge in [-0.15, -0.1) is 0 Å². The third kappa shape index (κ3) is 6.26. The summed E-state index contributed by atoms with van der Waals surface area (Å²) in [6.45, 7) is 5.86. The minimum Gasteiger partial charge on any atom is -0.343 e. The summed E-state index contributed by atoms with van der Waals surface area (Å²) >= 11 is 0. The normalized spacial score (nSPS) is 16.1. The maximum absolute atomic E-state index is 13.0. The van der Waals surface area contributed by atoms with Crippen molar-refractivity contribution in [2.75, 3.05) is 39.8 Å². The number of likely N-dealkylation sites (tertiary alicyclic amines) is 1. The van der Waals surface area contributed by atoms with Crippen molar-refractivity contribution < 1.29 is 17.6 Å². The molecule has 0 saturated carbocycles. The molecule has 152 valence electrons. The van der Waals surface area contributed by atoms with Crippen LogP contribution in [0.4, 0.5) is 4.39 Å². The molecule has 0 atom stereocenters. The number of benzene rings is 1. The third-order valence-electron chi connectivity index (χ3n) is 5.04.